The van der Waals surface area contributed by atoms with Gasteiger partial charge in [-0.05, 0) is 19.1 Å². The predicted octanol–water partition coefficient (Wildman–Crippen LogP) is 1.42. The van der Waals surface area contributed by atoms with Gasteiger partial charge in [0.1, 0.15) is 11.6 Å². The van der Waals surface area contributed by atoms with Crippen LogP contribution in [0, 0.1) is 6.92 Å². The van der Waals surface area contributed by atoms with Crippen molar-refractivity contribution in [3.63, 3.8) is 0 Å². The van der Waals surface area contributed by atoms with E-state index in [0.29, 0.717) is 11.1 Å². The van der Waals surface area contributed by atoms with E-state index in [1.165, 1.54) is 11.3 Å². The molecule has 20 heavy (non-hydrogen) atoms. The molecule has 1 aromatic carbocycles. The Labute approximate surface area is 118 Å². The zero-order chi connectivity index (χ0) is 14.1. The number of aromatic nitrogens is 4. The van der Waals surface area contributed by atoms with Crippen molar-refractivity contribution >= 4 is 39.4 Å². The number of imidazole rings is 1. The summed E-state index contributed by atoms with van der Waals surface area (Å²) in [5.41, 5.74) is 7.44. The lowest BCUT2D eigenvalue weighted by atomic mass is 10.3. The zero-order valence-corrected chi connectivity index (χ0v) is 11.5. The maximum Gasteiger partial charge on any atom is 0.246 e. The molecule has 0 fully saturated rings. The summed E-state index contributed by atoms with van der Waals surface area (Å²) in [6, 6.07) is 7.49. The molecule has 0 saturated heterocycles. The quantitative estimate of drug-likeness (QED) is 0.759. The molecule has 1 amide bonds. The summed E-state index contributed by atoms with van der Waals surface area (Å²) in [6.07, 6.45) is 0. The Kier molecular flexibility index (Phi) is 3.07. The largest absolute Gasteiger partial charge is 0.369 e. The third-order valence-electron chi connectivity index (χ3n) is 2.76. The maximum absolute atomic E-state index is 12.0. The highest BCUT2D eigenvalue weighted by molar-refractivity contribution is 7.15. The summed E-state index contributed by atoms with van der Waals surface area (Å²) in [6.45, 7) is 1.92. The van der Waals surface area contributed by atoms with Gasteiger partial charge < -0.3 is 10.3 Å². The topological polar surface area (TPSA) is 98.7 Å². The van der Waals surface area contributed by atoms with Crippen molar-refractivity contribution in [1.29, 1.82) is 0 Å². The Bertz CT molecular complexity index is 777. The number of hydrogen-bond acceptors (Lipinski definition) is 6. The first kappa shape index (κ1) is 12.5. The second-order valence-corrected chi connectivity index (χ2v) is 5.40. The Balaban J connectivity index is 1.82. The van der Waals surface area contributed by atoms with E-state index in [2.05, 4.69) is 20.5 Å². The molecule has 3 aromatic rings. The van der Waals surface area contributed by atoms with Crippen LogP contribution in [-0.4, -0.2) is 25.7 Å². The molecule has 102 valence electrons. The molecule has 2 aromatic heterocycles. The van der Waals surface area contributed by atoms with Gasteiger partial charge in [0.05, 0.1) is 11.0 Å². The Morgan fingerprint density at radius 3 is 2.95 bits per heavy atom. The minimum absolute atomic E-state index is 0.0883. The average Bonchev–Trinajstić information content (AvgIpc) is 2.94. The predicted molar refractivity (Wildman–Crippen MR) is 77.4 cm³/mol. The van der Waals surface area contributed by atoms with Gasteiger partial charge in [0.15, 0.2) is 0 Å². The molecule has 3 rings (SSSR count). The molecule has 2 heterocycles. The summed E-state index contributed by atoms with van der Waals surface area (Å²) in [5, 5.41) is 11.7. The third-order valence-corrected chi connectivity index (χ3v) is 3.51. The molecule has 0 aliphatic heterocycles. The van der Waals surface area contributed by atoms with Gasteiger partial charge in [-0.15, -0.1) is 10.2 Å². The fraction of sp³-hybridized carbons (Fsp3) is 0.167. The van der Waals surface area contributed by atoms with Crippen LogP contribution in [0.2, 0.25) is 0 Å². The number of carbonyl (C=O) groups is 1. The molecule has 0 radical (unpaired) electrons. The number of aryl methyl sites for hydroxylation is 1. The summed E-state index contributed by atoms with van der Waals surface area (Å²) in [5.74, 6) is 0.103. The van der Waals surface area contributed by atoms with E-state index in [9.17, 15) is 4.79 Å². The van der Waals surface area contributed by atoms with Crippen LogP contribution in [0.4, 0.5) is 11.1 Å². The van der Waals surface area contributed by atoms with Crippen LogP contribution in [-0.2, 0) is 11.3 Å². The lowest BCUT2D eigenvalue weighted by molar-refractivity contribution is -0.116. The number of nitrogens with one attached hydrogen (secondary N) is 1. The van der Waals surface area contributed by atoms with Gasteiger partial charge in [-0.1, -0.05) is 23.5 Å². The molecule has 0 saturated carbocycles. The number of hydrogen-bond donors (Lipinski definition) is 2. The standard InChI is InChI=1S/C12H12N6OS/c1-7-16-17-12(20-7)15-10(19)6-18-9-5-3-2-4-8(9)14-11(18)13/h2-5H,6H2,1H3,(H2,13,14)(H,15,17,19). The highest BCUT2D eigenvalue weighted by Gasteiger charge is 2.12. The summed E-state index contributed by atoms with van der Waals surface area (Å²) < 4.78 is 1.67. The third kappa shape index (κ3) is 2.32. The molecular formula is C12H12N6OS. The molecular weight excluding hydrogens is 276 g/mol. The maximum atomic E-state index is 12.0. The lowest BCUT2D eigenvalue weighted by Gasteiger charge is -2.05. The minimum atomic E-state index is -0.212. The van der Waals surface area contributed by atoms with Crippen molar-refractivity contribution in [1.82, 2.24) is 19.7 Å². The zero-order valence-electron chi connectivity index (χ0n) is 10.7. The number of anilines is 2. The van der Waals surface area contributed by atoms with Crippen LogP contribution in [0.1, 0.15) is 5.01 Å². The number of benzene rings is 1. The normalized spacial score (nSPS) is 10.8. The molecule has 7 nitrogen and oxygen atoms in total. The van der Waals surface area contributed by atoms with E-state index >= 15 is 0 Å². The van der Waals surface area contributed by atoms with Crippen molar-refractivity contribution < 1.29 is 4.79 Å². The molecule has 0 bridgehead atoms. The molecule has 0 unspecified atom stereocenters. The van der Waals surface area contributed by atoms with Crippen LogP contribution in [0.25, 0.3) is 11.0 Å². The number of nitrogens with two attached hydrogens (primary N) is 1. The average molecular weight is 288 g/mol. The second kappa shape index (κ2) is 4.89. The second-order valence-electron chi connectivity index (χ2n) is 4.22. The van der Waals surface area contributed by atoms with Crippen LogP contribution in [0.15, 0.2) is 24.3 Å². The number of nitrogens with zero attached hydrogens (tertiary/aromatic N) is 4. The number of rotatable bonds is 3. The number of nitrogen functional groups attached to an aromatic ring is 1. The van der Waals surface area contributed by atoms with E-state index in [1.807, 2.05) is 31.2 Å². The number of para-hydroxylation sites is 2. The highest BCUT2D eigenvalue weighted by atomic mass is 32.1. The SMILES string of the molecule is Cc1nnc(NC(=O)Cn2c(N)nc3ccccc32)s1. The fourth-order valence-electron chi connectivity index (χ4n) is 1.91. The van der Waals surface area contributed by atoms with Gasteiger partial charge in [-0.3, -0.25) is 10.1 Å². The van der Waals surface area contributed by atoms with Crippen LogP contribution >= 0.6 is 11.3 Å². The van der Waals surface area contributed by atoms with Gasteiger partial charge in [0.2, 0.25) is 17.0 Å². The van der Waals surface area contributed by atoms with Crippen LogP contribution in [0.5, 0.6) is 0 Å². The van der Waals surface area contributed by atoms with Crippen molar-refractivity contribution in [3.8, 4) is 0 Å². The molecule has 0 atom stereocenters. The van der Waals surface area contributed by atoms with E-state index in [1.54, 1.807) is 4.57 Å². The minimum Gasteiger partial charge on any atom is -0.369 e. The first-order chi connectivity index (χ1) is 9.63. The number of fused-ring (bicyclic) bond motifs is 1. The van der Waals surface area contributed by atoms with Gasteiger partial charge in [0.25, 0.3) is 0 Å². The summed E-state index contributed by atoms with van der Waals surface area (Å²) in [4.78, 5) is 16.2. The van der Waals surface area contributed by atoms with Crippen molar-refractivity contribution in [2.75, 3.05) is 11.1 Å². The monoisotopic (exact) mass is 288 g/mol. The van der Waals surface area contributed by atoms with E-state index in [4.69, 9.17) is 5.73 Å². The van der Waals surface area contributed by atoms with Gasteiger partial charge in [-0.2, -0.15) is 0 Å². The smallest absolute Gasteiger partial charge is 0.246 e. The van der Waals surface area contributed by atoms with Crippen molar-refractivity contribution in [3.05, 3.63) is 29.3 Å². The van der Waals surface area contributed by atoms with E-state index in [0.717, 1.165) is 16.0 Å². The van der Waals surface area contributed by atoms with Crippen molar-refractivity contribution in [2.45, 2.75) is 13.5 Å². The molecule has 0 aliphatic rings. The van der Waals surface area contributed by atoms with Gasteiger partial charge >= 0.3 is 0 Å². The van der Waals surface area contributed by atoms with E-state index < -0.39 is 0 Å². The van der Waals surface area contributed by atoms with E-state index in [-0.39, 0.29) is 12.5 Å². The van der Waals surface area contributed by atoms with Crippen LogP contribution in [0.3, 0.4) is 0 Å². The fourth-order valence-corrected chi connectivity index (χ4v) is 2.52. The van der Waals surface area contributed by atoms with Crippen LogP contribution < -0.4 is 11.1 Å². The summed E-state index contributed by atoms with van der Waals surface area (Å²) >= 11 is 1.33. The Hall–Kier alpha value is -2.48. The first-order valence-corrected chi connectivity index (χ1v) is 6.76. The molecule has 0 spiro atoms. The van der Waals surface area contributed by atoms with Gasteiger partial charge in [0, 0.05) is 0 Å². The number of carbonyl (C=O) groups excluding carboxylic acids is 1. The van der Waals surface area contributed by atoms with Gasteiger partial charge in [-0.25, -0.2) is 4.98 Å². The highest BCUT2D eigenvalue weighted by Crippen LogP contribution is 2.18. The lowest BCUT2D eigenvalue weighted by Crippen LogP contribution is -2.19. The van der Waals surface area contributed by atoms with Crippen molar-refractivity contribution in [2.24, 2.45) is 0 Å². The first-order valence-electron chi connectivity index (χ1n) is 5.94. The Morgan fingerprint density at radius 1 is 1.40 bits per heavy atom. The summed E-state index contributed by atoms with van der Waals surface area (Å²) in [7, 11) is 0. The molecule has 3 N–H and O–H groups in total. The number of amides is 1. The Morgan fingerprint density at radius 2 is 2.20 bits per heavy atom. The molecule has 0 aliphatic carbocycles. The molecule has 8 heteroatoms.